The summed E-state index contributed by atoms with van der Waals surface area (Å²) >= 11 is 0. The van der Waals surface area contributed by atoms with E-state index >= 15 is 0 Å². The standard InChI is InChI=1S/C19H30F2N4O3/c1-5-22-19(23-11-10-17(26)25(6-2)7-3)24-13-14-12-15(27-4)8-9-16(14)28-18(20)21/h8-9,12,18H,5-7,10-11,13H2,1-4H3,(H2,22,23,24). The monoisotopic (exact) mass is 400 g/mol. The number of hydrogen-bond acceptors (Lipinski definition) is 4. The quantitative estimate of drug-likeness (QED) is 0.441. The van der Waals surface area contributed by atoms with Crippen LogP contribution >= 0.6 is 0 Å². The van der Waals surface area contributed by atoms with Crippen molar-refractivity contribution in [2.24, 2.45) is 4.99 Å². The molecule has 7 nitrogen and oxygen atoms in total. The van der Waals surface area contributed by atoms with E-state index in [9.17, 15) is 13.6 Å². The molecule has 0 aliphatic heterocycles. The lowest BCUT2D eigenvalue weighted by molar-refractivity contribution is -0.130. The highest BCUT2D eigenvalue weighted by atomic mass is 19.3. The smallest absolute Gasteiger partial charge is 0.387 e. The second kappa shape index (κ2) is 12.7. The molecule has 0 saturated heterocycles. The summed E-state index contributed by atoms with van der Waals surface area (Å²) in [6.45, 7) is 5.36. The molecule has 0 spiro atoms. The molecule has 1 aromatic carbocycles. The minimum Gasteiger partial charge on any atom is -0.497 e. The molecule has 9 heteroatoms. The lowest BCUT2D eigenvalue weighted by Crippen LogP contribution is -2.40. The molecule has 0 saturated carbocycles. The van der Waals surface area contributed by atoms with Gasteiger partial charge in [-0.05, 0) is 39.0 Å². The number of guanidine groups is 1. The first-order valence-corrected chi connectivity index (χ1v) is 9.36. The Labute approximate surface area is 165 Å². The number of amides is 1. The van der Waals surface area contributed by atoms with Gasteiger partial charge in [0.05, 0.1) is 13.7 Å². The molecule has 2 N–H and O–H groups in total. The molecule has 1 aromatic rings. The van der Waals surface area contributed by atoms with Crippen molar-refractivity contribution in [3.8, 4) is 11.5 Å². The molecule has 0 aromatic heterocycles. The minimum absolute atomic E-state index is 0.0482. The molecule has 0 aliphatic rings. The Morgan fingerprint density at radius 1 is 1.21 bits per heavy atom. The van der Waals surface area contributed by atoms with Crippen LogP contribution in [0.1, 0.15) is 32.8 Å². The van der Waals surface area contributed by atoms with Crippen LogP contribution in [0.2, 0.25) is 0 Å². The van der Waals surface area contributed by atoms with Gasteiger partial charge in [-0.1, -0.05) is 0 Å². The lowest BCUT2D eigenvalue weighted by Gasteiger charge is -2.19. The Morgan fingerprint density at radius 3 is 2.50 bits per heavy atom. The third kappa shape index (κ3) is 7.98. The molecular formula is C19H30F2N4O3. The summed E-state index contributed by atoms with van der Waals surface area (Å²) in [5.41, 5.74) is 0.469. The van der Waals surface area contributed by atoms with Crippen LogP contribution in [0, 0.1) is 0 Å². The number of halogens is 2. The van der Waals surface area contributed by atoms with Crippen LogP contribution < -0.4 is 20.1 Å². The van der Waals surface area contributed by atoms with E-state index < -0.39 is 6.61 Å². The van der Waals surface area contributed by atoms with E-state index in [1.54, 1.807) is 17.0 Å². The van der Waals surface area contributed by atoms with Crippen LogP contribution in [-0.4, -0.2) is 56.7 Å². The van der Waals surface area contributed by atoms with Gasteiger partial charge in [0.25, 0.3) is 0 Å². The maximum absolute atomic E-state index is 12.6. The van der Waals surface area contributed by atoms with Crippen LogP contribution in [-0.2, 0) is 11.3 Å². The largest absolute Gasteiger partial charge is 0.497 e. The summed E-state index contributed by atoms with van der Waals surface area (Å²) in [6, 6.07) is 4.58. The Balaban J connectivity index is 2.79. The van der Waals surface area contributed by atoms with Gasteiger partial charge in [-0.2, -0.15) is 8.78 Å². The van der Waals surface area contributed by atoms with E-state index in [1.807, 2.05) is 20.8 Å². The Bertz CT molecular complexity index is 638. The van der Waals surface area contributed by atoms with E-state index in [-0.39, 0.29) is 18.2 Å². The van der Waals surface area contributed by atoms with Crippen molar-refractivity contribution in [2.45, 2.75) is 40.3 Å². The minimum atomic E-state index is -2.92. The second-order valence-electron chi connectivity index (χ2n) is 5.79. The van der Waals surface area contributed by atoms with Crippen molar-refractivity contribution >= 4 is 11.9 Å². The zero-order chi connectivity index (χ0) is 20.9. The van der Waals surface area contributed by atoms with E-state index in [1.165, 1.54) is 13.2 Å². The number of benzene rings is 1. The van der Waals surface area contributed by atoms with E-state index in [4.69, 9.17) is 4.74 Å². The first-order valence-electron chi connectivity index (χ1n) is 9.36. The molecule has 1 amide bonds. The van der Waals surface area contributed by atoms with Gasteiger partial charge in [-0.3, -0.25) is 4.79 Å². The highest BCUT2D eigenvalue weighted by Gasteiger charge is 2.12. The fraction of sp³-hybridized carbons (Fsp3) is 0.579. The van der Waals surface area contributed by atoms with Gasteiger partial charge in [-0.25, -0.2) is 4.99 Å². The summed E-state index contributed by atoms with van der Waals surface area (Å²) < 4.78 is 34.9. The van der Waals surface area contributed by atoms with Gasteiger partial charge in [0.2, 0.25) is 5.91 Å². The topological polar surface area (TPSA) is 75.2 Å². The molecule has 0 atom stereocenters. The molecule has 0 heterocycles. The Hall–Kier alpha value is -2.58. The molecule has 0 radical (unpaired) electrons. The second-order valence-corrected chi connectivity index (χ2v) is 5.79. The number of ether oxygens (including phenoxy) is 2. The summed E-state index contributed by atoms with van der Waals surface area (Å²) in [7, 11) is 1.49. The summed E-state index contributed by atoms with van der Waals surface area (Å²) in [5.74, 6) is 1.12. The number of rotatable bonds is 11. The maximum Gasteiger partial charge on any atom is 0.387 e. The number of alkyl halides is 2. The number of carbonyl (C=O) groups excluding carboxylic acids is 1. The number of nitrogens with zero attached hydrogens (tertiary/aromatic N) is 2. The van der Waals surface area contributed by atoms with E-state index in [0.29, 0.717) is 49.9 Å². The molecule has 1 rings (SSSR count). The van der Waals surface area contributed by atoms with Gasteiger partial charge < -0.3 is 25.0 Å². The predicted octanol–water partition coefficient (Wildman–Crippen LogP) is 2.61. The van der Waals surface area contributed by atoms with Gasteiger partial charge in [0, 0.05) is 38.2 Å². The fourth-order valence-corrected chi connectivity index (χ4v) is 2.55. The summed E-state index contributed by atoms with van der Waals surface area (Å²) in [5, 5.41) is 6.15. The third-order valence-electron chi connectivity index (χ3n) is 3.98. The van der Waals surface area contributed by atoms with Crippen molar-refractivity contribution in [3.63, 3.8) is 0 Å². The molecule has 28 heavy (non-hydrogen) atoms. The van der Waals surface area contributed by atoms with Gasteiger partial charge in [0.15, 0.2) is 5.96 Å². The maximum atomic E-state index is 12.6. The molecule has 0 bridgehead atoms. The fourth-order valence-electron chi connectivity index (χ4n) is 2.55. The van der Waals surface area contributed by atoms with Crippen molar-refractivity contribution in [1.82, 2.24) is 15.5 Å². The van der Waals surface area contributed by atoms with Gasteiger partial charge >= 0.3 is 6.61 Å². The van der Waals surface area contributed by atoms with Crippen LogP contribution in [0.3, 0.4) is 0 Å². The van der Waals surface area contributed by atoms with Crippen LogP contribution in [0.25, 0.3) is 0 Å². The summed E-state index contributed by atoms with van der Waals surface area (Å²) in [4.78, 5) is 18.2. The number of nitrogens with one attached hydrogen (secondary N) is 2. The average Bonchev–Trinajstić information content (AvgIpc) is 2.67. The Kier molecular flexibility index (Phi) is 10.7. The zero-order valence-corrected chi connectivity index (χ0v) is 16.9. The average molecular weight is 400 g/mol. The number of methoxy groups -OCH3 is 1. The third-order valence-corrected chi connectivity index (χ3v) is 3.98. The molecule has 158 valence electrons. The number of aliphatic imine (C=N–C) groups is 1. The van der Waals surface area contributed by atoms with E-state index in [0.717, 1.165) is 0 Å². The number of hydrogen-bond donors (Lipinski definition) is 2. The van der Waals surface area contributed by atoms with Crippen molar-refractivity contribution in [1.29, 1.82) is 0 Å². The van der Waals surface area contributed by atoms with Crippen LogP contribution in [0.15, 0.2) is 23.2 Å². The lowest BCUT2D eigenvalue weighted by atomic mass is 10.2. The van der Waals surface area contributed by atoms with E-state index in [2.05, 4.69) is 20.4 Å². The van der Waals surface area contributed by atoms with Crippen LogP contribution in [0.5, 0.6) is 11.5 Å². The Morgan fingerprint density at radius 2 is 1.93 bits per heavy atom. The first-order chi connectivity index (χ1) is 13.4. The highest BCUT2D eigenvalue weighted by molar-refractivity contribution is 5.81. The molecule has 0 unspecified atom stereocenters. The first kappa shape index (κ1) is 23.5. The van der Waals surface area contributed by atoms with Crippen molar-refractivity contribution < 1.29 is 23.0 Å². The van der Waals surface area contributed by atoms with Gasteiger partial charge in [0.1, 0.15) is 11.5 Å². The van der Waals surface area contributed by atoms with Crippen molar-refractivity contribution in [3.05, 3.63) is 23.8 Å². The molecular weight excluding hydrogens is 370 g/mol. The van der Waals surface area contributed by atoms with Gasteiger partial charge in [-0.15, -0.1) is 0 Å². The SMILES string of the molecule is CCNC(=NCc1cc(OC)ccc1OC(F)F)NCCC(=O)N(CC)CC. The number of carbonyl (C=O) groups is 1. The van der Waals surface area contributed by atoms with Crippen LogP contribution in [0.4, 0.5) is 8.78 Å². The van der Waals surface area contributed by atoms with Crippen molar-refractivity contribution in [2.75, 3.05) is 33.3 Å². The zero-order valence-electron chi connectivity index (χ0n) is 16.9. The highest BCUT2D eigenvalue weighted by Crippen LogP contribution is 2.26. The normalized spacial score (nSPS) is 11.3. The summed E-state index contributed by atoms with van der Waals surface area (Å²) in [6.07, 6.45) is 0.338. The molecule has 0 aliphatic carbocycles. The predicted molar refractivity (Wildman–Crippen MR) is 105 cm³/mol. The molecule has 0 fully saturated rings.